The maximum atomic E-state index is 0. The smallest absolute Gasteiger partial charge is 0.147 e. The van der Waals surface area contributed by atoms with Gasteiger partial charge in [0.2, 0.25) is 0 Å². The highest BCUT2D eigenvalue weighted by Crippen LogP contribution is 0.690. The molecule has 0 radical (unpaired) electrons. The normalized spacial score (nSPS) is 0. The molecule has 0 saturated heterocycles. The Morgan fingerprint density at radius 1 is 0.800 bits per heavy atom. The average molecular weight is 113 g/mol. The van der Waals surface area contributed by atoms with Crippen molar-refractivity contribution in [3.8, 4) is 0 Å². The first kappa shape index (κ1) is 51400. The minimum Gasteiger partial charge on any atom is -1.00 e. The van der Waals surface area contributed by atoms with E-state index in [1.54, 1.807) is 0 Å². The Morgan fingerprint density at radius 3 is 0.800 bits per heavy atom. The Kier molecular flexibility index (Phi) is 240000000. The molecule has 0 amide bonds. The minimum absolute atomic E-state index is 0. The van der Waals surface area contributed by atoms with E-state index in [4.69, 9.17) is 0 Å². The quantitative estimate of drug-likeness (QED) is 0.383. The topological polar surface area (TPSA) is 35.0 Å². The van der Waals surface area contributed by atoms with Crippen LogP contribution in [0.1, 0.15) is 0 Å². The molecule has 0 saturated carbocycles. The summed E-state index contributed by atoms with van der Waals surface area (Å²) in [6.45, 7) is 0. The Balaban J connectivity index is 0. The van der Waals surface area contributed by atoms with E-state index < -0.39 is 0 Å². The van der Waals surface area contributed by atoms with Gasteiger partial charge in [-0.25, -0.2) is 0 Å². The van der Waals surface area contributed by atoms with E-state index >= 15 is 0 Å². The van der Waals surface area contributed by atoms with Crippen LogP contribution >= 0.6 is 12.4 Å². The highest BCUT2D eigenvalue weighted by Gasteiger charge is -0.147. The Labute approximate surface area is 33.8 Å². The molecule has 0 fully saturated rings. The highest BCUT2D eigenvalue weighted by atomic mass is 35.5. The van der Waals surface area contributed by atoms with Crippen molar-refractivity contribution in [3.05, 3.63) is 0 Å². The van der Waals surface area contributed by atoms with Gasteiger partial charge in [0.25, 0.3) is 0 Å². The summed E-state index contributed by atoms with van der Waals surface area (Å²) in [7, 11) is 0. The molecule has 5 heteroatoms. The average Bonchev–Trinajstić information content (AvgIpc) is 0. The van der Waals surface area contributed by atoms with E-state index in [1.165, 1.54) is 0 Å². The van der Waals surface area contributed by atoms with Crippen molar-refractivity contribution in [3.63, 3.8) is 0 Å². The third kappa shape index (κ3) is 10500. The fourth-order valence-electron chi connectivity index (χ4n) is 0. The van der Waals surface area contributed by atoms with Gasteiger partial charge in [0.15, 0.2) is 0 Å². The lowest BCUT2D eigenvalue weighted by atomic mass is 14.0. The molecule has 0 atom stereocenters. The van der Waals surface area contributed by atoms with Gasteiger partial charge in [-0.05, 0) is 0 Å². The molecule has 0 aliphatic heterocycles. The number of hydrogen-bond acceptors (Lipinski definition) is 1. The molecule has 0 spiro atoms. The molecule has 0 unspecified atom stereocenters. The van der Waals surface area contributed by atoms with Gasteiger partial charge in [-0.2, -0.15) is 0 Å². The van der Waals surface area contributed by atoms with Crippen molar-refractivity contribution in [2.45, 2.75) is 0 Å². The van der Waals surface area contributed by atoms with Crippen LogP contribution in [0.3, 0.4) is 0 Å². The van der Waals surface area contributed by atoms with Crippen LogP contribution < -0.4 is 10.9 Å². The molecule has 5 heavy (non-hydrogen) atoms. The maximum Gasteiger partial charge on any atom is -0.147 e. The summed E-state index contributed by atoms with van der Waals surface area (Å²) in [5, 5.41) is 0. The predicted molar refractivity (Wildman–Crippen MR) is 17.3 cm³/mol. The standard InChI is InChI=1S/ClH.3FH.H3N/h4*1H;1H3/p-1. The predicted octanol–water partition coefficient (Wildman–Crippen LogP) is -2.11. The number of hydrogen-bond donors (Lipinski definition) is 1. The van der Waals surface area contributed by atoms with Crippen LogP contribution in [0.4, 0.5) is 9.41 Å². The molecule has 0 bridgehead atoms. The fraction of sp³-hybridized carbons (Fsp3) is 0. The SMILES string of the molecule is Cl.F.F.N.[F-]. The van der Waals surface area contributed by atoms with Crippen LogP contribution in [-0.4, -0.2) is 0 Å². The van der Waals surface area contributed by atoms with Gasteiger partial charge in [0.1, 0.15) is 0 Å². The summed E-state index contributed by atoms with van der Waals surface area (Å²) in [4.78, 5) is 0. The minimum atomic E-state index is 0. The summed E-state index contributed by atoms with van der Waals surface area (Å²) in [6.07, 6.45) is 0. The molecule has 0 aliphatic rings. The van der Waals surface area contributed by atoms with Crippen LogP contribution in [0.5, 0.6) is 0 Å². The van der Waals surface area contributed by atoms with Gasteiger partial charge >= 0.3 is 0 Å². The third-order valence-electron chi connectivity index (χ3n) is 0. The zero-order chi connectivity index (χ0) is 0. The van der Waals surface area contributed by atoms with Gasteiger partial charge in [-0.1, -0.05) is 0 Å². The molecule has 0 heterocycles. The van der Waals surface area contributed by atoms with Gasteiger partial charge in [-0.3, -0.25) is 9.41 Å². The number of rotatable bonds is 0. The van der Waals surface area contributed by atoms with Crippen LogP contribution in [0.15, 0.2) is 0 Å². The summed E-state index contributed by atoms with van der Waals surface area (Å²) in [5.41, 5.74) is 0. The van der Waals surface area contributed by atoms with Gasteiger partial charge in [-0.15, -0.1) is 12.4 Å². The Bertz CT molecular complexity index is 6.85. The van der Waals surface area contributed by atoms with Gasteiger partial charge < -0.3 is 10.9 Å². The molecule has 0 aromatic heterocycles. The van der Waals surface area contributed by atoms with E-state index in [-0.39, 0.29) is 32.7 Å². The maximum absolute atomic E-state index is 0. The van der Waals surface area contributed by atoms with Crippen molar-refractivity contribution < 1.29 is 14.1 Å². The first-order chi connectivity index (χ1) is 0. The summed E-state index contributed by atoms with van der Waals surface area (Å²) < 4.78 is 0. The van der Waals surface area contributed by atoms with E-state index in [9.17, 15) is 0 Å². The summed E-state index contributed by atoms with van der Waals surface area (Å²) in [5.74, 6) is 0. The first-order valence-corrected chi connectivity index (χ1v) is 0. The number of halogens is 4. The van der Waals surface area contributed by atoms with Crippen LogP contribution in [0, 0.1) is 0 Å². The second kappa shape index (κ2) is 23300. The monoisotopic (exact) mass is 112 g/mol. The van der Waals surface area contributed by atoms with Crippen molar-refractivity contribution in [1.29, 1.82) is 0 Å². The second-order valence-electron chi connectivity index (χ2n) is 0. The third-order valence-corrected chi connectivity index (χ3v) is 0. The largest absolute Gasteiger partial charge is 1.00 e. The lowest BCUT2D eigenvalue weighted by Gasteiger charge is -1.00. The van der Waals surface area contributed by atoms with Crippen LogP contribution in [-0.2, 0) is 0 Å². The van der Waals surface area contributed by atoms with Crippen molar-refractivity contribution >= 4 is 12.4 Å². The first-order valence-electron chi connectivity index (χ1n) is 0. The van der Waals surface area contributed by atoms with Crippen LogP contribution in [0.25, 0.3) is 0 Å². The molecular formula is H6ClF3N-. The molecule has 0 aliphatic carbocycles. The van der Waals surface area contributed by atoms with Crippen LogP contribution in [0.2, 0.25) is 0 Å². The van der Waals surface area contributed by atoms with Crippen molar-refractivity contribution in [1.82, 2.24) is 6.15 Å². The van der Waals surface area contributed by atoms with Crippen molar-refractivity contribution in [2.75, 3.05) is 0 Å². The second-order valence-corrected chi connectivity index (χ2v) is 0. The van der Waals surface area contributed by atoms with Gasteiger partial charge in [0.05, 0.1) is 0 Å². The lowest BCUT2D eigenvalue weighted by Crippen LogP contribution is -3.00. The molecule has 0 rings (SSSR count). The van der Waals surface area contributed by atoms with Gasteiger partial charge in [0, 0.05) is 0 Å². The fourth-order valence-corrected chi connectivity index (χ4v) is 0. The molecular weight excluding hydrogens is 106 g/mol. The Morgan fingerprint density at radius 2 is 0.800 bits per heavy atom. The van der Waals surface area contributed by atoms with E-state index in [0.29, 0.717) is 0 Å². The summed E-state index contributed by atoms with van der Waals surface area (Å²) in [6, 6.07) is 0. The van der Waals surface area contributed by atoms with Crippen molar-refractivity contribution in [2.24, 2.45) is 0 Å². The zero-order valence-electron chi connectivity index (χ0n) is 2.31. The van der Waals surface area contributed by atoms with E-state index in [1.807, 2.05) is 0 Å². The molecule has 0 aromatic carbocycles. The highest BCUT2D eigenvalue weighted by molar-refractivity contribution is 5.85. The van der Waals surface area contributed by atoms with E-state index in [2.05, 4.69) is 0 Å². The Hall–Kier alpha value is 0.0400. The summed E-state index contributed by atoms with van der Waals surface area (Å²) >= 11 is 0. The molecule has 0 aromatic rings. The molecule has 3 N–H and O–H groups in total. The molecule has 40 valence electrons. The zero-order valence-corrected chi connectivity index (χ0v) is 3.13. The lowest BCUT2D eigenvalue weighted by molar-refractivity contribution is -0.00000244. The molecule has 1 nitrogen and oxygen atoms in total. The van der Waals surface area contributed by atoms with E-state index in [0.717, 1.165) is 0 Å².